The summed E-state index contributed by atoms with van der Waals surface area (Å²) in [5, 5.41) is 3.02. The first-order valence-electron chi connectivity index (χ1n) is 7.47. The van der Waals surface area contributed by atoms with Gasteiger partial charge in [0.05, 0.1) is 11.7 Å². The van der Waals surface area contributed by atoms with Crippen molar-refractivity contribution >= 4 is 29.4 Å². The molecule has 0 aromatic heterocycles. The van der Waals surface area contributed by atoms with E-state index in [4.69, 9.17) is 0 Å². The number of rotatable bonds is 7. The molecule has 1 fully saturated rings. The molecule has 4 nitrogen and oxygen atoms in total. The molecule has 0 aliphatic carbocycles. The molecular weight excluding hydrogens is 282 g/mol. The molecule has 2 rings (SSSR count). The number of carbonyl (C=O) groups excluding carboxylic acids is 1. The number of hydrogen-bond acceptors (Lipinski definition) is 5. The first-order chi connectivity index (χ1) is 10.2. The zero-order chi connectivity index (χ0) is 15.2. The minimum Gasteiger partial charge on any atom is -0.377 e. The van der Waals surface area contributed by atoms with Crippen molar-refractivity contribution in [3.8, 4) is 0 Å². The van der Waals surface area contributed by atoms with Gasteiger partial charge in [-0.1, -0.05) is 0 Å². The van der Waals surface area contributed by atoms with Crippen molar-refractivity contribution in [2.75, 3.05) is 49.8 Å². The Balaban J connectivity index is 2.14. The molecule has 0 radical (unpaired) electrons. The standard InChI is InChI=1S/C16H25N3OS/c1-17-13(11-20)12-21-16-7-6-14(10-15(16)18(2)3)19-8-4-5-9-19/h6-7,10-11,13,17H,4-5,8-9,12H2,1-3H3/t13-/m1/s1. The Morgan fingerprint density at radius 3 is 2.67 bits per heavy atom. The fraction of sp³-hybridized carbons (Fsp3) is 0.562. The van der Waals surface area contributed by atoms with E-state index in [1.54, 1.807) is 11.8 Å². The fourth-order valence-corrected chi connectivity index (χ4v) is 3.68. The lowest BCUT2D eigenvalue weighted by Crippen LogP contribution is -2.29. The lowest BCUT2D eigenvalue weighted by molar-refractivity contribution is -0.109. The number of hydrogen-bond donors (Lipinski definition) is 1. The predicted octanol–water partition coefficient (Wildman–Crippen LogP) is 2.23. The molecular formula is C16H25N3OS. The van der Waals surface area contributed by atoms with Crippen LogP contribution in [0.2, 0.25) is 0 Å². The second-order valence-corrected chi connectivity index (χ2v) is 6.64. The van der Waals surface area contributed by atoms with E-state index in [0.29, 0.717) is 0 Å². The smallest absolute Gasteiger partial charge is 0.137 e. The van der Waals surface area contributed by atoms with E-state index in [-0.39, 0.29) is 6.04 Å². The summed E-state index contributed by atoms with van der Waals surface area (Å²) in [6, 6.07) is 6.56. The zero-order valence-corrected chi connectivity index (χ0v) is 13.9. The van der Waals surface area contributed by atoms with Crippen molar-refractivity contribution in [1.82, 2.24) is 5.32 Å². The molecule has 5 heteroatoms. The predicted molar refractivity (Wildman–Crippen MR) is 91.9 cm³/mol. The maximum Gasteiger partial charge on any atom is 0.137 e. The number of aldehydes is 1. The molecule has 0 unspecified atom stereocenters. The molecule has 1 N–H and O–H groups in total. The Kier molecular flexibility index (Phi) is 5.94. The van der Waals surface area contributed by atoms with Crippen molar-refractivity contribution in [3.63, 3.8) is 0 Å². The third-order valence-electron chi connectivity index (χ3n) is 3.85. The van der Waals surface area contributed by atoms with Gasteiger partial charge in [-0.15, -0.1) is 11.8 Å². The number of likely N-dealkylation sites (N-methyl/N-ethyl adjacent to an activating group) is 1. The second kappa shape index (κ2) is 7.71. The third kappa shape index (κ3) is 4.14. The van der Waals surface area contributed by atoms with Crippen LogP contribution in [0, 0.1) is 0 Å². The van der Waals surface area contributed by atoms with Crippen molar-refractivity contribution in [2.24, 2.45) is 0 Å². The van der Waals surface area contributed by atoms with Gasteiger partial charge in [-0.05, 0) is 38.1 Å². The molecule has 1 heterocycles. The van der Waals surface area contributed by atoms with E-state index >= 15 is 0 Å². The summed E-state index contributed by atoms with van der Waals surface area (Å²) >= 11 is 1.73. The van der Waals surface area contributed by atoms with Gasteiger partial charge < -0.3 is 19.9 Å². The highest BCUT2D eigenvalue weighted by atomic mass is 32.2. The topological polar surface area (TPSA) is 35.6 Å². The summed E-state index contributed by atoms with van der Waals surface area (Å²) < 4.78 is 0. The van der Waals surface area contributed by atoms with E-state index in [1.807, 2.05) is 7.05 Å². The van der Waals surface area contributed by atoms with Crippen molar-refractivity contribution in [1.29, 1.82) is 0 Å². The van der Waals surface area contributed by atoms with Gasteiger partial charge in [0.15, 0.2) is 0 Å². The monoisotopic (exact) mass is 307 g/mol. The third-order valence-corrected chi connectivity index (χ3v) is 5.03. The van der Waals surface area contributed by atoms with Gasteiger partial charge in [-0.25, -0.2) is 0 Å². The van der Waals surface area contributed by atoms with Crippen LogP contribution in [0.5, 0.6) is 0 Å². The summed E-state index contributed by atoms with van der Waals surface area (Å²) in [5.74, 6) is 0.754. The first kappa shape index (κ1) is 16.2. The summed E-state index contributed by atoms with van der Waals surface area (Å²) in [5.41, 5.74) is 2.53. The highest BCUT2D eigenvalue weighted by Crippen LogP contribution is 2.34. The maximum atomic E-state index is 10.9. The molecule has 1 aromatic rings. The molecule has 1 aliphatic rings. The SMILES string of the molecule is CN[C@H](C=O)CSc1ccc(N2CCCC2)cc1N(C)C. The first-order valence-corrected chi connectivity index (χ1v) is 8.46. The van der Waals surface area contributed by atoms with Gasteiger partial charge in [0.2, 0.25) is 0 Å². The van der Waals surface area contributed by atoms with Crippen LogP contribution in [0.4, 0.5) is 11.4 Å². The number of anilines is 2. The molecule has 1 saturated heterocycles. The van der Waals surface area contributed by atoms with Crippen molar-refractivity contribution in [2.45, 2.75) is 23.8 Å². The number of nitrogens with zero attached hydrogens (tertiary/aromatic N) is 2. The van der Waals surface area contributed by atoms with E-state index in [1.165, 1.54) is 29.1 Å². The van der Waals surface area contributed by atoms with Gasteiger partial charge in [-0.3, -0.25) is 0 Å². The Hall–Kier alpha value is -1.20. The van der Waals surface area contributed by atoms with Gasteiger partial charge in [-0.2, -0.15) is 0 Å². The highest BCUT2D eigenvalue weighted by Gasteiger charge is 2.15. The molecule has 1 atom stereocenters. The van der Waals surface area contributed by atoms with Crippen LogP contribution in [0.1, 0.15) is 12.8 Å². The van der Waals surface area contributed by atoms with E-state index in [2.05, 4.69) is 47.4 Å². The normalized spacial score (nSPS) is 16.0. The van der Waals surface area contributed by atoms with Crippen LogP contribution in [-0.4, -0.2) is 52.3 Å². The maximum absolute atomic E-state index is 10.9. The molecule has 1 aliphatic heterocycles. The zero-order valence-electron chi connectivity index (χ0n) is 13.1. The highest BCUT2D eigenvalue weighted by molar-refractivity contribution is 7.99. The lowest BCUT2D eigenvalue weighted by Gasteiger charge is -2.23. The molecule has 21 heavy (non-hydrogen) atoms. The fourth-order valence-electron chi connectivity index (χ4n) is 2.52. The largest absolute Gasteiger partial charge is 0.377 e. The van der Waals surface area contributed by atoms with Gasteiger partial charge in [0.25, 0.3) is 0 Å². The lowest BCUT2D eigenvalue weighted by atomic mass is 10.2. The second-order valence-electron chi connectivity index (χ2n) is 5.58. The van der Waals surface area contributed by atoms with Crippen molar-refractivity contribution in [3.05, 3.63) is 18.2 Å². The molecule has 0 saturated carbocycles. The molecule has 0 amide bonds. The Morgan fingerprint density at radius 1 is 1.38 bits per heavy atom. The van der Waals surface area contributed by atoms with Crippen molar-refractivity contribution < 1.29 is 4.79 Å². The van der Waals surface area contributed by atoms with E-state index in [9.17, 15) is 4.79 Å². The summed E-state index contributed by atoms with van der Waals surface area (Å²) in [6.07, 6.45) is 3.55. The average Bonchev–Trinajstić information content (AvgIpc) is 3.02. The number of nitrogens with one attached hydrogen (secondary N) is 1. The number of thioether (sulfide) groups is 1. The van der Waals surface area contributed by atoms with Gasteiger partial charge in [0, 0.05) is 43.5 Å². The van der Waals surface area contributed by atoms with Crippen LogP contribution >= 0.6 is 11.8 Å². The van der Waals surface area contributed by atoms with Crippen LogP contribution in [-0.2, 0) is 4.79 Å². The summed E-state index contributed by atoms with van der Waals surface area (Å²) in [6.45, 7) is 2.32. The van der Waals surface area contributed by atoms with Crippen LogP contribution < -0.4 is 15.1 Å². The molecule has 1 aromatic carbocycles. The Bertz CT molecular complexity index is 473. The Morgan fingerprint density at radius 2 is 2.10 bits per heavy atom. The van der Waals surface area contributed by atoms with Crippen LogP contribution in [0.3, 0.4) is 0 Å². The Labute approximate surface area is 131 Å². The average molecular weight is 307 g/mol. The molecule has 0 bridgehead atoms. The number of carbonyl (C=O) groups is 1. The van der Waals surface area contributed by atoms with E-state index in [0.717, 1.165) is 25.1 Å². The molecule has 116 valence electrons. The summed E-state index contributed by atoms with van der Waals surface area (Å²) in [4.78, 5) is 16.7. The number of benzene rings is 1. The minimum atomic E-state index is -0.0942. The van der Waals surface area contributed by atoms with Gasteiger partial charge in [0.1, 0.15) is 6.29 Å². The van der Waals surface area contributed by atoms with Crippen LogP contribution in [0.15, 0.2) is 23.1 Å². The van der Waals surface area contributed by atoms with Gasteiger partial charge >= 0.3 is 0 Å². The van der Waals surface area contributed by atoms with Crippen LogP contribution in [0.25, 0.3) is 0 Å². The molecule has 0 spiro atoms. The van der Waals surface area contributed by atoms with E-state index < -0.39 is 0 Å². The minimum absolute atomic E-state index is 0.0942. The summed E-state index contributed by atoms with van der Waals surface area (Å²) in [7, 11) is 5.97. The quantitative estimate of drug-likeness (QED) is 0.617.